The van der Waals surface area contributed by atoms with Gasteiger partial charge in [0.2, 0.25) is 10.0 Å². The minimum Gasteiger partial charge on any atom is -0.399 e. The van der Waals surface area contributed by atoms with E-state index in [-0.39, 0.29) is 28.1 Å². The zero-order valence-electron chi connectivity index (χ0n) is 13.4. The Balaban J connectivity index is 0.00000288. The molecule has 0 saturated heterocycles. The molecule has 24 heavy (non-hydrogen) atoms. The number of carbonyl (C=O) groups excluding carboxylic acids is 1. The predicted octanol–water partition coefficient (Wildman–Crippen LogP) is 1.97. The van der Waals surface area contributed by atoms with Gasteiger partial charge in [0, 0.05) is 26.3 Å². The molecule has 1 aromatic carbocycles. The lowest BCUT2D eigenvalue weighted by Crippen LogP contribution is -2.28. The molecule has 1 aromatic heterocycles. The molecule has 9 heteroatoms. The van der Waals surface area contributed by atoms with Gasteiger partial charge in [-0.05, 0) is 35.6 Å². The number of hydrogen-bond donors (Lipinski definition) is 2. The van der Waals surface area contributed by atoms with Crippen LogP contribution in [0.15, 0.2) is 40.6 Å². The van der Waals surface area contributed by atoms with E-state index in [1.165, 1.54) is 20.2 Å². The molecule has 2 aromatic rings. The summed E-state index contributed by atoms with van der Waals surface area (Å²) in [5, 5.41) is 4.36. The lowest BCUT2D eigenvalue weighted by atomic mass is 10.1. The monoisotopic (exact) mass is 389 g/mol. The molecule has 0 radical (unpaired) electrons. The van der Waals surface area contributed by atoms with Crippen molar-refractivity contribution in [1.82, 2.24) is 9.62 Å². The lowest BCUT2D eigenvalue weighted by Gasteiger charge is -2.12. The fraction of sp³-hybridized carbons (Fsp3) is 0.267. The molecular weight excluding hydrogens is 370 g/mol. The number of nitrogens with one attached hydrogen (secondary N) is 1. The van der Waals surface area contributed by atoms with Gasteiger partial charge < -0.3 is 11.1 Å². The Morgan fingerprint density at radius 1 is 1.21 bits per heavy atom. The van der Waals surface area contributed by atoms with E-state index in [9.17, 15) is 13.2 Å². The van der Waals surface area contributed by atoms with Crippen LogP contribution in [0, 0.1) is 0 Å². The Morgan fingerprint density at radius 2 is 1.83 bits per heavy atom. The van der Waals surface area contributed by atoms with Crippen LogP contribution in [0.25, 0.3) is 0 Å². The lowest BCUT2D eigenvalue weighted by molar-refractivity contribution is 0.0955. The number of amides is 1. The second-order valence-corrected chi connectivity index (χ2v) is 8.19. The first-order valence-corrected chi connectivity index (χ1v) is 9.27. The van der Waals surface area contributed by atoms with Gasteiger partial charge in [-0.3, -0.25) is 4.79 Å². The van der Waals surface area contributed by atoms with E-state index in [1.807, 2.05) is 12.1 Å². The van der Waals surface area contributed by atoms with Crippen molar-refractivity contribution in [1.29, 1.82) is 0 Å². The molecule has 0 unspecified atom stereocenters. The maximum absolute atomic E-state index is 12.2. The van der Waals surface area contributed by atoms with Crippen LogP contribution in [0.2, 0.25) is 0 Å². The molecule has 0 spiro atoms. The van der Waals surface area contributed by atoms with Crippen LogP contribution in [0.3, 0.4) is 0 Å². The minimum absolute atomic E-state index is 0. The first-order chi connectivity index (χ1) is 10.8. The van der Waals surface area contributed by atoms with E-state index in [1.54, 1.807) is 17.5 Å². The third-order valence-corrected chi connectivity index (χ3v) is 6.17. The summed E-state index contributed by atoms with van der Waals surface area (Å²) >= 11 is 1.12. The van der Waals surface area contributed by atoms with Crippen molar-refractivity contribution in [3.8, 4) is 0 Å². The number of sulfonamides is 1. The van der Waals surface area contributed by atoms with Crippen molar-refractivity contribution in [2.75, 3.05) is 26.4 Å². The number of nitrogens with two attached hydrogens (primary N) is 1. The molecule has 0 aliphatic carbocycles. The summed E-state index contributed by atoms with van der Waals surface area (Å²) in [4.78, 5) is 12.5. The van der Waals surface area contributed by atoms with Gasteiger partial charge in [-0.15, -0.1) is 23.7 Å². The van der Waals surface area contributed by atoms with E-state index in [0.29, 0.717) is 18.7 Å². The van der Waals surface area contributed by atoms with Crippen molar-refractivity contribution in [2.24, 2.45) is 0 Å². The number of nitrogens with zero attached hydrogens (tertiary/aromatic N) is 1. The van der Waals surface area contributed by atoms with Gasteiger partial charge in [0.05, 0.1) is 0 Å². The first kappa shape index (κ1) is 20.4. The smallest absolute Gasteiger partial charge is 0.262 e. The third kappa shape index (κ3) is 4.70. The summed E-state index contributed by atoms with van der Waals surface area (Å²) in [6, 6.07) is 8.86. The molecule has 1 amide bonds. The second kappa shape index (κ2) is 8.48. The molecule has 2 rings (SSSR count). The van der Waals surface area contributed by atoms with Crippen LogP contribution < -0.4 is 11.1 Å². The number of halogens is 1. The fourth-order valence-corrected chi connectivity index (χ4v) is 4.16. The summed E-state index contributed by atoms with van der Waals surface area (Å²) in [5.41, 5.74) is 7.36. The van der Waals surface area contributed by atoms with E-state index >= 15 is 0 Å². The number of carbonyl (C=O) groups is 1. The highest BCUT2D eigenvalue weighted by Crippen LogP contribution is 2.23. The maximum atomic E-state index is 12.2. The zero-order chi connectivity index (χ0) is 17.0. The van der Waals surface area contributed by atoms with E-state index in [4.69, 9.17) is 5.73 Å². The minimum atomic E-state index is -3.62. The van der Waals surface area contributed by atoms with Gasteiger partial charge in [-0.25, -0.2) is 12.7 Å². The highest BCUT2D eigenvalue weighted by Gasteiger charge is 2.25. The molecule has 132 valence electrons. The number of rotatable bonds is 6. The van der Waals surface area contributed by atoms with Crippen LogP contribution in [0.5, 0.6) is 0 Å². The molecule has 0 aliphatic rings. The van der Waals surface area contributed by atoms with Crippen LogP contribution in [0.1, 0.15) is 15.2 Å². The van der Waals surface area contributed by atoms with Gasteiger partial charge in [0.25, 0.3) is 5.91 Å². The van der Waals surface area contributed by atoms with Crippen LogP contribution in [-0.2, 0) is 16.4 Å². The largest absolute Gasteiger partial charge is 0.399 e. The molecule has 0 bridgehead atoms. The Morgan fingerprint density at radius 3 is 2.42 bits per heavy atom. The standard InChI is InChI=1S/C15H19N3O3S2.ClH/c1-18(2)23(20,21)13-8-10-22-14(13)15(19)17-9-7-11-3-5-12(16)6-4-11;/h3-6,8,10H,7,9,16H2,1-2H3,(H,17,19);1H. The van der Waals surface area contributed by atoms with E-state index in [0.717, 1.165) is 21.2 Å². The quantitative estimate of drug-likeness (QED) is 0.739. The van der Waals surface area contributed by atoms with Gasteiger partial charge in [-0.2, -0.15) is 0 Å². The Labute approximate surface area is 152 Å². The van der Waals surface area contributed by atoms with Crippen molar-refractivity contribution < 1.29 is 13.2 Å². The van der Waals surface area contributed by atoms with Crippen molar-refractivity contribution in [3.05, 3.63) is 46.2 Å². The van der Waals surface area contributed by atoms with E-state index in [2.05, 4.69) is 5.32 Å². The molecular formula is C15H20ClN3O3S2. The van der Waals surface area contributed by atoms with Gasteiger partial charge >= 0.3 is 0 Å². The normalized spacial score (nSPS) is 11.1. The number of hydrogen-bond acceptors (Lipinski definition) is 5. The average Bonchev–Trinajstić information content (AvgIpc) is 2.99. The van der Waals surface area contributed by atoms with Gasteiger partial charge in [0.1, 0.15) is 9.77 Å². The second-order valence-electron chi connectivity index (χ2n) is 5.15. The van der Waals surface area contributed by atoms with E-state index < -0.39 is 10.0 Å². The Kier molecular flexibility index (Phi) is 7.22. The Hall–Kier alpha value is -1.61. The highest BCUT2D eigenvalue weighted by atomic mass is 35.5. The molecule has 0 aliphatic heterocycles. The molecule has 0 fully saturated rings. The topological polar surface area (TPSA) is 92.5 Å². The number of benzene rings is 1. The molecule has 0 atom stereocenters. The van der Waals surface area contributed by atoms with Crippen LogP contribution in [0.4, 0.5) is 5.69 Å². The molecule has 3 N–H and O–H groups in total. The maximum Gasteiger partial charge on any atom is 0.262 e. The average molecular weight is 390 g/mol. The Bertz CT molecular complexity index is 787. The molecule has 6 nitrogen and oxygen atoms in total. The summed E-state index contributed by atoms with van der Waals surface area (Å²) in [7, 11) is -0.742. The van der Waals surface area contributed by atoms with Crippen molar-refractivity contribution in [3.63, 3.8) is 0 Å². The van der Waals surface area contributed by atoms with Gasteiger partial charge in [-0.1, -0.05) is 12.1 Å². The fourth-order valence-electron chi connectivity index (χ4n) is 1.95. The molecule has 0 saturated carbocycles. The summed E-state index contributed by atoms with van der Waals surface area (Å²) in [6.07, 6.45) is 0.646. The number of nitrogen functional groups attached to an aromatic ring is 1. The third-order valence-electron chi connectivity index (χ3n) is 3.27. The van der Waals surface area contributed by atoms with Crippen molar-refractivity contribution >= 4 is 45.4 Å². The first-order valence-electron chi connectivity index (χ1n) is 6.95. The summed E-state index contributed by atoms with van der Waals surface area (Å²) in [5.74, 6) is -0.379. The zero-order valence-corrected chi connectivity index (χ0v) is 15.8. The predicted molar refractivity (Wildman–Crippen MR) is 99.3 cm³/mol. The summed E-state index contributed by atoms with van der Waals surface area (Å²) < 4.78 is 25.5. The SMILES string of the molecule is CN(C)S(=O)(=O)c1ccsc1C(=O)NCCc1ccc(N)cc1.Cl. The highest BCUT2D eigenvalue weighted by molar-refractivity contribution is 7.89. The van der Waals surface area contributed by atoms with Crippen molar-refractivity contribution in [2.45, 2.75) is 11.3 Å². The van der Waals surface area contributed by atoms with Gasteiger partial charge in [0.15, 0.2) is 0 Å². The summed E-state index contributed by atoms with van der Waals surface area (Å²) in [6.45, 7) is 0.419. The number of anilines is 1. The van der Waals surface area contributed by atoms with Crippen LogP contribution in [-0.4, -0.2) is 39.3 Å². The van der Waals surface area contributed by atoms with Crippen LogP contribution >= 0.6 is 23.7 Å². The number of thiophene rings is 1. The molecule has 1 heterocycles.